The molecule has 1 aliphatic rings. The fourth-order valence-electron chi connectivity index (χ4n) is 1.67. The largest absolute Gasteiger partial charge is 0.494 e. The Morgan fingerprint density at radius 1 is 1.57 bits per heavy atom. The third-order valence-corrected chi connectivity index (χ3v) is 2.43. The van der Waals surface area contributed by atoms with Gasteiger partial charge in [-0.15, -0.1) is 0 Å². The molecule has 2 rings (SSSR count). The summed E-state index contributed by atoms with van der Waals surface area (Å²) in [6.07, 6.45) is 0. The van der Waals surface area contributed by atoms with Gasteiger partial charge in [0.15, 0.2) is 0 Å². The monoisotopic (exact) mass is 193 g/mol. The first-order valence-corrected chi connectivity index (χ1v) is 4.88. The highest BCUT2D eigenvalue weighted by Gasteiger charge is 2.22. The van der Waals surface area contributed by atoms with Gasteiger partial charge in [-0.1, -0.05) is 0 Å². The maximum absolute atomic E-state index is 5.88. The van der Waals surface area contributed by atoms with Crippen molar-refractivity contribution in [2.24, 2.45) is 5.73 Å². The number of hydrogen-bond donors (Lipinski definition) is 1. The minimum absolute atomic E-state index is 0.00944. The smallest absolute Gasteiger partial charge is 0.124 e. The first kappa shape index (κ1) is 9.34. The first-order valence-electron chi connectivity index (χ1n) is 4.88. The van der Waals surface area contributed by atoms with Gasteiger partial charge < -0.3 is 15.2 Å². The summed E-state index contributed by atoms with van der Waals surface area (Å²) in [4.78, 5) is 0. The van der Waals surface area contributed by atoms with Crippen molar-refractivity contribution in [1.82, 2.24) is 0 Å². The molecule has 14 heavy (non-hydrogen) atoms. The van der Waals surface area contributed by atoms with Gasteiger partial charge in [0, 0.05) is 5.56 Å². The topological polar surface area (TPSA) is 44.5 Å². The average molecular weight is 193 g/mol. The molecule has 0 aliphatic carbocycles. The van der Waals surface area contributed by atoms with E-state index >= 15 is 0 Å². The van der Waals surface area contributed by atoms with Gasteiger partial charge in [0.1, 0.15) is 18.1 Å². The van der Waals surface area contributed by atoms with Crippen LogP contribution >= 0.6 is 0 Å². The Labute approximate surface area is 83.8 Å². The van der Waals surface area contributed by atoms with E-state index in [2.05, 4.69) is 0 Å². The Kier molecular flexibility index (Phi) is 2.33. The molecular formula is C11H15NO2. The van der Waals surface area contributed by atoms with Crippen molar-refractivity contribution >= 4 is 0 Å². The van der Waals surface area contributed by atoms with Crippen LogP contribution in [0.3, 0.4) is 0 Å². The number of aryl methyl sites for hydroxylation is 1. The van der Waals surface area contributed by atoms with Crippen LogP contribution in [-0.2, 0) is 0 Å². The number of ether oxygens (including phenoxy) is 2. The molecular weight excluding hydrogens is 178 g/mol. The predicted octanol–water partition coefficient (Wildman–Crippen LogP) is 1.79. The van der Waals surface area contributed by atoms with E-state index in [1.165, 1.54) is 0 Å². The second-order valence-electron chi connectivity index (χ2n) is 3.51. The maximum Gasteiger partial charge on any atom is 0.124 e. The van der Waals surface area contributed by atoms with Crippen LogP contribution < -0.4 is 15.2 Å². The summed E-state index contributed by atoms with van der Waals surface area (Å²) in [7, 11) is 0. The molecule has 1 aromatic rings. The van der Waals surface area contributed by atoms with Crippen LogP contribution in [-0.4, -0.2) is 13.2 Å². The van der Waals surface area contributed by atoms with Gasteiger partial charge in [0.05, 0.1) is 12.6 Å². The Morgan fingerprint density at radius 3 is 3.07 bits per heavy atom. The van der Waals surface area contributed by atoms with Crippen LogP contribution in [0.2, 0.25) is 0 Å². The molecule has 0 saturated heterocycles. The molecule has 0 bridgehead atoms. The summed E-state index contributed by atoms with van der Waals surface area (Å²) in [5, 5.41) is 0. The van der Waals surface area contributed by atoms with Crippen molar-refractivity contribution in [3.8, 4) is 11.5 Å². The second-order valence-corrected chi connectivity index (χ2v) is 3.51. The van der Waals surface area contributed by atoms with Crippen molar-refractivity contribution < 1.29 is 9.47 Å². The molecule has 0 spiro atoms. The van der Waals surface area contributed by atoms with E-state index in [1.54, 1.807) is 0 Å². The van der Waals surface area contributed by atoms with Crippen LogP contribution in [0.5, 0.6) is 11.5 Å². The van der Waals surface area contributed by atoms with Crippen LogP contribution in [0.15, 0.2) is 12.1 Å². The van der Waals surface area contributed by atoms with E-state index in [0.717, 1.165) is 22.6 Å². The van der Waals surface area contributed by atoms with Gasteiger partial charge in [-0.3, -0.25) is 0 Å². The minimum Gasteiger partial charge on any atom is -0.494 e. The Bertz CT molecular complexity index is 349. The second kappa shape index (κ2) is 3.50. The van der Waals surface area contributed by atoms with E-state index in [0.29, 0.717) is 13.2 Å². The lowest BCUT2D eigenvalue weighted by atomic mass is 10.1. The third kappa shape index (κ3) is 1.44. The summed E-state index contributed by atoms with van der Waals surface area (Å²) in [5.74, 6) is 1.81. The van der Waals surface area contributed by atoms with Crippen molar-refractivity contribution in [1.29, 1.82) is 0 Å². The number of fused-ring (bicyclic) bond motifs is 1. The molecule has 1 atom stereocenters. The van der Waals surface area contributed by atoms with E-state index in [4.69, 9.17) is 15.2 Å². The highest BCUT2D eigenvalue weighted by atomic mass is 16.5. The highest BCUT2D eigenvalue weighted by Crippen LogP contribution is 2.36. The van der Waals surface area contributed by atoms with Crippen LogP contribution in [0, 0.1) is 6.92 Å². The summed E-state index contributed by atoms with van der Waals surface area (Å²) < 4.78 is 10.9. The Balaban J connectivity index is 2.41. The number of rotatable bonds is 2. The molecule has 0 radical (unpaired) electrons. The maximum atomic E-state index is 5.88. The lowest BCUT2D eigenvalue weighted by Gasteiger charge is -2.09. The van der Waals surface area contributed by atoms with E-state index in [1.807, 2.05) is 26.0 Å². The summed E-state index contributed by atoms with van der Waals surface area (Å²) in [5.41, 5.74) is 8.03. The molecule has 0 unspecified atom stereocenters. The summed E-state index contributed by atoms with van der Waals surface area (Å²) in [6.45, 7) is 5.24. The minimum atomic E-state index is -0.00944. The highest BCUT2D eigenvalue weighted by molar-refractivity contribution is 5.49. The standard InChI is InChI=1S/C11H15NO2/c1-3-13-10-5-8-9(12)6-14-11(8)4-7(10)2/h4-5,9H,3,6,12H2,1-2H3/t9-/m1/s1. The fourth-order valence-corrected chi connectivity index (χ4v) is 1.67. The van der Waals surface area contributed by atoms with Gasteiger partial charge in [-0.2, -0.15) is 0 Å². The molecule has 3 nitrogen and oxygen atoms in total. The quantitative estimate of drug-likeness (QED) is 0.778. The summed E-state index contributed by atoms with van der Waals surface area (Å²) >= 11 is 0. The van der Waals surface area contributed by atoms with Gasteiger partial charge in [-0.25, -0.2) is 0 Å². The Hall–Kier alpha value is -1.22. The Morgan fingerprint density at radius 2 is 2.36 bits per heavy atom. The molecule has 1 heterocycles. The lowest BCUT2D eigenvalue weighted by molar-refractivity contribution is 0.331. The summed E-state index contributed by atoms with van der Waals surface area (Å²) in [6, 6.07) is 3.98. The molecule has 76 valence electrons. The predicted molar refractivity (Wildman–Crippen MR) is 54.8 cm³/mol. The molecule has 1 aliphatic heterocycles. The lowest BCUT2D eigenvalue weighted by Crippen LogP contribution is -2.10. The zero-order chi connectivity index (χ0) is 10.1. The van der Waals surface area contributed by atoms with Crippen LogP contribution in [0.1, 0.15) is 24.1 Å². The fraction of sp³-hybridized carbons (Fsp3) is 0.455. The number of nitrogens with two attached hydrogens (primary N) is 1. The molecule has 0 saturated carbocycles. The molecule has 1 aromatic carbocycles. The molecule has 3 heteroatoms. The molecule has 0 fully saturated rings. The van der Waals surface area contributed by atoms with Crippen molar-refractivity contribution in [2.45, 2.75) is 19.9 Å². The van der Waals surface area contributed by atoms with E-state index < -0.39 is 0 Å². The SMILES string of the molecule is CCOc1cc2c(cc1C)OC[C@H]2N. The number of benzene rings is 1. The van der Waals surface area contributed by atoms with Crippen LogP contribution in [0.4, 0.5) is 0 Å². The van der Waals surface area contributed by atoms with Crippen molar-refractivity contribution in [3.63, 3.8) is 0 Å². The molecule has 0 amide bonds. The van der Waals surface area contributed by atoms with E-state index in [9.17, 15) is 0 Å². The third-order valence-electron chi connectivity index (χ3n) is 2.43. The van der Waals surface area contributed by atoms with Crippen molar-refractivity contribution in [3.05, 3.63) is 23.3 Å². The van der Waals surface area contributed by atoms with Crippen molar-refractivity contribution in [2.75, 3.05) is 13.2 Å². The van der Waals surface area contributed by atoms with Gasteiger partial charge in [0.25, 0.3) is 0 Å². The first-order chi connectivity index (χ1) is 6.72. The zero-order valence-electron chi connectivity index (χ0n) is 8.54. The molecule has 0 aromatic heterocycles. The average Bonchev–Trinajstić information content (AvgIpc) is 2.49. The van der Waals surface area contributed by atoms with E-state index in [-0.39, 0.29) is 6.04 Å². The van der Waals surface area contributed by atoms with Gasteiger partial charge in [0.2, 0.25) is 0 Å². The van der Waals surface area contributed by atoms with Crippen LogP contribution in [0.25, 0.3) is 0 Å². The molecule has 2 N–H and O–H groups in total. The van der Waals surface area contributed by atoms with Gasteiger partial charge in [-0.05, 0) is 31.5 Å². The van der Waals surface area contributed by atoms with Gasteiger partial charge >= 0.3 is 0 Å². The number of hydrogen-bond acceptors (Lipinski definition) is 3. The normalized spacial score (nSPS) is 18.9. The zero-order valence-corrected chi connectivity index (χ0v) is 8.54.